The third-order valence-electron chi connectivity index (χ3n) is 6.32. The second kappa shape index (κ2) is 25.1. The largest absolute Gasteiger partial charge is 0.464 e. The lowest BCUT2D eigenvalue weighted by molar-refractivity contribution is -0.402. The number of ether oxygens (including phenoxy) is 2. The average molecular weight is 551 g/mol. The zero-order valence-electron chi connectivity index (χ0n) is 23.9. The normalized spacial score (nSPS) is 15.0. The van der Waals surface area contributed by atoms with E-state index in [4.69, 9.17) is 19.2 Å². The van der Waals surface area contributed by atoms with E-state index in [2.05, 4.69) is 13.8 Å². The van der Waals surface area contributed by atoms with Crippen molar-refractivity contribution in [3.05, 3.63) is 0 Å². The van der Waals surface area contributed by atoms with Gasteiger partial charge in [-0.3, -0.25) is 4.57 Å². The second-order valence-corrected chi connectivity index (χ2v) is 11.8. The summed E-state index contributed by atoms with van der Waals surface area (Å²) in [4.78, 5) is 23.3. The van der Waals surface area contributed by atoms with Crippen molar-refractivity contribution in [3.63, 3.8) is 0 Å². The number of thioether (sulfide) groups is 1. The molecule has 0 aliphatic rings. The molecule has 3 atom stereocenters. The summed E-state index contributed by atoms with van der Waals surface area (Å²) in [5.74, 6) is 0.216. The van der Waals surface area contributed by atoms with Gasteiger partial charge in [-0.05, 0) is 31.9 Å². The molecule has 0 aromatic rings. The maximum Gasteiger partial charge on any atom is 0.382 e. The Morgan fingerprint density at radius 3 is 1.83 bits per heavy atom. The van der Waals surface area contributed by atoms with Crippen LogP contribution in [0.15, 0.2) is 0 Å². The van der Waals surface area contributed by atoms with E-state index in [9.17, 15) is 9.36 Å². The Hall–Kier alpha value is -0.200. The lowest BCUT2D eigenvalue weighted by Gasteiger charge is -2.28. The second-order valence-electron chi connectivity index (χ2n) is 9.69. The Morgan fingerprint density at radius 1 is 0.806 bits per heavy atom. The first-order valence-electron chi connectivity index (χ1n) is 14.5. The summed E-state index contributed by atoms with van der Waals surface area (Å²) in [6.45, 7) is 8.55. The van der Waals surface area contributed by atoms with Gasteiger partial charge in [-0.15, -0.1) is 0 Å². The van der Waals surface area contributed by atoms with Crippen molar-refractivity contribution in [2.45, 2.75) is 154 Å². The zero-order valence-corrected chi connectivity index (χ0v) is 25.6. The highest BCUT2D eigenvalue weighted by molar-refractivity contribution is 7.99. The molecule has 0 bridgehead atoms. The first-order valence-corrected chi connectivity index (χ1v) is 16.4. The monoisotopic (exact) mass is 550 g/mol. The maximum absolute atomic E-state index is 12.3. The topological polar surface area (TPSA) is 71.1 Å². The van der Waals surface area contributed by atoms with Crippen LogP contribution in [0.2, 0.25) is 0 Å². The molecular formula is C28H55O6PS. The Bertz CT molecular complexity index is 524. The van der Waals surface area contributed by atoms with E-state index >= 15 is 0 Å². The molecule has 0 heterocycles. The number of rotatable bonds is 27. The van der Waals surface area contributed by atoms with Gasteiger partial charge in [-0.2, -0.15) is 16.6 Å². The van der Waals surface area contributed by atoms with Crippen LogP contribution in [0.25, 0.3) is 0 Å². The molecule has 0 aromatic carbocycles. The van der Waals surface area contributed by atoms with Crippen LogP contribution >= 0.6 is 20.2 Å². The van der Waals surface area contributed by atoms with Crippen LogP contribution in [-0.2, 0) is 28.6 Å². The molecule has 36 heavy (non-hydrogen) atoms. The average Bonchev–Trinajstić information content (AvgIpc) is 2.90. The molecule has 0 N–H and O–H groups in total. The summed E-state index contributed by atoms with van der Waals surface area (Å²) < 4.78 is 22.1. The smallest absolute Gasteiger partial charge is 0.382 e. The minimum Gasteiger partial charge on any atom is -0.464 e. The van der Waals surface area contributed by atoms with Gasteiger partial charge in [0.15, 0.2) is 0 Å². The van der Waals surface area contributed by atoms with Crippen molar-refractivity contribution in [1.29, 1.82) is 0 Å². The molecule has 0 saturated heterocycles. The molecule has 0 spiro atoms. The van der Waals surface area contributed by atoms with Crippen LogP contribution in [0, 0.1) is 0 Å². The number of methoxy groups -OCH3 is 1. The number of carbonyl (C=O) groups is 1. The molecular weight excluding hydrogens is 495 g/mol. The highest BCUT2D eigenvalue weighted by Gasteiger charge is 2.47. The first kappa shape index (κ1) is 35.8. The quantitative estimate of drug-likeness (QED) is 0.0252. The molecule has 6 nitrogen and oxygen atoms in total. The fraction of sp³-hybridized carbons (Fsp3) is 0.964. The molecule has 0 amide bonds. The van der Waals surface area contributed by atoms with Crippen molar-refractivity contribution in [1.82, 2.24) is 0 Å². The first-order chi connectivity index (χ1) is 17.5. The van der Waals surface area contributed by atoms with E-state index in [0.717, 1.165) is 18.6 Å². The summed E-state index contributed by atoms with van der Waals surface area (Å²) in [6.07, 6.45) is 20.7. The molecule has 0 aliphatic carbocycles. The summed E-state index contributed by atoms with van der Waals surface area (Å²) in [5.41, 5.74) is -2.08. The maximum atomic E-state index is 12.3. The van der Waals surface area contributed by atoms with Crippen LogP contribution in [0.1, 0.15) is 137 Å². The van der Waals surface area contributed by atoms with Gasteiger partial charge >= 0.3 is 11.5 Å². The molecule has 0 radical (unpaired) electrons. The van der Waals surface area contributed by atoms with Crippen molar-refractivity contribution in [2.75, 3.05) is 19.5 Å². The summed E-state index contributed by atoms with van der Waals surface area (Å²) in [5, 5.41) is 0.232. The minimum absolute atomic E-state index is 0.205. The van der Waals surface area contributed by atoms with Gasteiger partial charge in [-0.1, -0.05) is 111 Å². The van der Waals surface area contributed by atoms with Crippen LogP contribution in [-0.4, -0.2) is 42.3 Å². The summed E-state index contributed by atoms with van der Waals surface area (Å²) >= 11 is 1.92. The molecule has 3 unspecified atom stereocenters. The SMILES string of the molecule is CCCCCCCCCCSC(CCCCCCCCC)C(C)OOC(OCCC)(P=O)C(=O)OC. The van der Waals surface area contributed by atoms with Crippen molar-refractivity contribution in [2.24, 2.45) is 0 Å². The molecule has 0 rings (SSSR count). The van der Waals surface area contributed by atoms with E-state index in [1.54, 1.807) is 0 Å². The van der Waals surface area contributed by atoms with E-state index in [0.29, 0.717) is 6.42 Å². The Balaban J connectivity index is 4.74. The molecule has 0 fully saturated rings. The van der Waals surface area contributed by atoms with Gasteiger partial charge in [0.1, 0.15) is 6.10 Å². The molecule has 0 aliphatic heterocycles. The predicted molar refractivity (Wildman–Crippen MR) is 152 cm³/mol. The molecule has 8 heteroatoms. The third kappa shape index (κ3) is 17.3. The number of unbranched alkanes of at least 4 members (excludes halogenated alkanes) is 13. The van der Waals surface area contributed by atoms with Crippen molar-refractivity contribution < 1.29 is 28.6 Å². The van der Waals surface area contributed by atoms with E-state index in [1.807, 2.05) is 25.6 Å². The van der Waals surface area contributed by atoms with Gasteiger partial charge in [0.25, 0.3) is 0 Å². The van der Waals surface area contributed by atoms with Crippen molar-refractivity contribution in [3.8, 4) is 0 Å². The standard InChI is InChI=1S/C28H55O6PS/c1-6-9-11-13-15-17-19-21-24-36-26(22-20-18-16-14-12-10-7-2)25(4)33-34-28(35-30,27(29)31-5)32-23-8-3/h25-26H,6-24H2,1-5H3. The Labute approximate surface area is 227 Å². The van der Waals surface area contributed by atoms with Gasteiger partial charge < -0.3 is 9.47 Å². The number of carbonyl (C=O) groups excluding carboxylic acids is 1. The van der Waals surface area contributed by atoms with E-state index < -0.39 is 20.0 Å². The molecule has 214 valence electrons. The predicted octanol–water partition coefficient (Wildman–Crippen LogP) is 9.25. The van der Waals surface area contributed by atoms with Gasteiger partial charge in [0.2, 0.25) is 8.46 Å². The van der Waals surface area contributed by atoms with Crippen LogP contribution in [0.3, 0.4) is 0 Å². The van der Waals surface area contributed by atoms with Crippen LogP contribution in [0.5, 0.6) is 0 Å². The third-order valence-corrected chi connectivity index (χ3v) is 8.52. The van der Waals surface area contributed by atoms with Crippen LogP contribution < -0.4 is 0 Å². The lowest BCUT2D eigenvalue weighted by Crippen LogP contribution is -2.42. The van der Waals surface area contributed by atoms with Gasteiger partial charge in [0.05, 0.1) is 13.7 Å². The van der Waals surface area contributed by atoms with Gasteiger partial charge in [-0.25, -0.2) is 9.68 Å². The van der Waals surface area contributed by atoms with E-state index in [1.165, 1.54) is 97.0 Å². The summed E-state index contributed by atoms with van der Waals surface area (Å²) in [7, 11) is 0.574. The highest BCUT2D eigenvalue weighted by Crippen LogP contribution is 2.32. The Kier molecular flexibility index (Phi) is 25.0. The van der Waals surface area contributed by atoms with Gasteiger partial charge in [0, 0.05) is 5.25 Å². The lowest BCUT2D eigenvalue weighted by atomic mass is 10.1. The molecule has 0 aromatic heterocycles. The summed E-state index contributed by atoms with van der Waals surface area (Å²) in [6, 6.07) is 0. The highest BCUT2D eigenvalue weighted by atomic mass is 32.2. The fourth-order valence-corrected chi connectivity index (χ4v) is 5.70. The van der Waals surface area contributed by atoms with E-state index in [-0.39, 0.29) is 18.0 Å². The van der Waals surface area contributed by atoms with Crippen molar-refractivity contribution >= 4 is 26.2 Å². The number of esters is 1. The Morgan fingerprint density at radius 2 is 1.33 bits per heavy atom. The molecule has 0 saturated carbocycles. The van der Waals surface area contributed by atoms with Crippen LogP contribution in [0.4, 0.5) is 0 Å². The number of hydrogen-bond donors (Lipinski definition) is 0. The number of hydrogen-bond acceptors (Lipinski definition) is 7. The minimum atomic E-state index is -2.08. The fourth-order valence-electron chi connectivity index (χ4n) is 4.00. The zero-order chi connectivity index (χ0) is 26.9.